The molecule has 20 heavy (non-hydrogen) atoms. The number of hydrogen-bond acceptors (Lipinski definition) is 3. The highest BCUT2D eigenvalue weighted by Gasteiger charge is 2.08. The molecule has 0 aliphatic rings. The van der Waals surface area contributed by atoms with Crippen LogP contribution >= 0.6 is 0 Å². The molecule has 3 nitrogen and oxygen atoms in total. The number of ether oxygens (including phenoxy) is 2. The third-order valence-corrected chi connectivity index (χ3v) is 3.05. The molecule has 0 radical (unpaired) electrons. The van der Waals surface area contributed by atoms with Crippen LogP contribution in [0, 0.1) is 0 Å². The van der Waals surface area contributed by atoms with Crippen LogP contribution in [0.15, 0.2) is 24.3 Å². The van der Waals surface area contributed by atoms with Gasteiger partial charge in [-0.3, -0.25) is 0 Å². The highest BCUT2D eigenvalue weighted by molar-refractivity contribution is 5.28. The van der Waals surface area contributed by atoms with Gasteiger partial charge in [0.15, 0.2) is 0 Å². The van der Waals surface area contributed by atoms with Crippen LogP contribution in [0.3, 0.4) is 0 Å². The largest absolute Gasteiger partial charge is 0.491 e. The van der Waals surface area contributed by atoms with Gasteiger partial charge in [-0.05, 0) is 51.8 Å². The molecule has 1 atom stereocenters. The fourth-order valence-electron chi connectivity index (χ4n) is 1.64. The molecule has 1 aromatic carbocycles. The molecule has 0 heterocycles. The van der Waals surface area contributed by atoms with Crippen LogP contribution in [-0.4, -0.2) is 24.9 Å². The third-order valence-electron chi connectivity index (χ3n) is 3.05. The summed E-state index contributed by atoms with van der Waals surface area (Å²) in [5, 5.41) is 3.47. The lowest BCUT2D eigenvalue weighted by molar-refractivity contribution is 0.0426. The van der Waals surface area contributed by atoms with Gasteiger partial charge in [0.05, 0.1) is 12.7 Å². The van der Waals surface area contributed by atoms with Gasteiger partial charge in [0.1, 0.15) is 12.4 Å². The average molecular weight is 279 g/mol. The van der Waals surface area contributed by atoms with Gasteiger partial charge in [-0.1, -0.05) is 19.1 Å². The topological polar surface area (TPSA) is 30.5 Å². The van der Waals surface area contributed by atoms with Crippen LogP contribution in [0.4, 0.5) is 0 Å². The van der Waals surface area contributed by atoms with Crippen molar-refractivity contribution in [2.75, 3.05) is 13.2 Å². The first-order valence-corrected chi connectivity index (χ1v) is 7.49. The van der Waals surface area contributed by atoms with Crippen molar-refractivity contribution in [3.63, 3.8) is 0 Å². The summed E-state index contributed by atoms with van der Waals surface area (Å²) in [6.45, 7) is 12.8. The van der Waals surface area contributed by atoms with E-state index < -0.39 is 0 Å². The Bertz CT molecular complexity index is 385. The van der Waals surface area contributed by atoms with Crippen LogP contribution < -0.4 is 10.1 Å². The van der Waals surface area contributed by atoms with Crippen LogP contribution in [0.5, 0.6) is 5.75 Å². The number of rotatable bonds is 8. The van der Waals surface area contributed by atoms with E-state index in [0.29, 0.717) is 19.3 Å². The first-order valence-electron chi connectivity index (χ1n) is 7.49. The van der Waals surface area contributed by atoms with Crippen molar-refractivity contribution >= 4 is 0 Å². The van der Waals surface area contributed by atoms with Gasteiger partial charge >= 0.3 is 0 Å². The van der Waals surface area contributed by atoms with Gasteiger partial charge in [0.2, 0.25) is 0 Å². The summed E-state index contributed by atoms with van der Waals surface area (Å²) in [5.41, 5.74) is 1.36. The lowest BCUT2D eigenvalue weighted by Crippen LogP contribution is -2.35. The van der Waals surface area contributed by atoms with Gasteiger partial charge in [-0.25, -0.2) is 0 Å². The van der Waals surface area contributed by atoms with Crippen LogP contribution in [0.2, 0.25) is 0 Å². The molecule has 3 heteroatoms. The average Bonchev–Trinajstić information content (AvgIpc) is 2.41. The summed E-state index contributed by atoms with van der Waals surface area (Å²) < 4.78 is 11.3. The van der Waals surface area contributed by atoms with E-state index >= 15 is 0 Å². The molecule has 1 N–H and O–H groups in total. The second-order valence-electron chi connectivity index (χ2n) is 6.19. The molecule has 1 aromatic rings. The van der Waals surface area contributed by atoms with Crippen molar-refractivity contribution in [2.24, 2.45) is 0 Å². The van der Waals surface area contributed by atoms with Crippen LogP contribution in [-0.2, 0) is 11.3 Å². The molecule has 0 aliphatic carbocycles. The van der Waals surface area contributed by atoms with Crippen molar-refractivity contribution in [3.05, 3.63) is 29.8 Å². The predicted octanol–water partition coefficient (Wildman–Crippen LogP) is 3.77. The number of benzene rings is 1. The summed E-state index contributed by atoms with van der Waals surface area (Å²) in [5.74, 6) is 0.908. The van der Waals surface area contributed by atoms with E-state index in [2.05, 4.69) is 52.1 Å². The zero-order chi connectivity index (χ0) is 15.0. The van der Waals surface area contributed by atoms with E-state index in [4.69, 9.17) is 9.47 Å². The Kier molecular flexibility index (Phi) is 7.03. The fourth-order valence-corrected chi connectivity index (χ4v) is 1.64. The van der Waals surface area contributed by atoms with E-state index in [-0.39, 0.29) is 5.54 Å². The Morgan fingerprint density at radius 1 is 1.20 bits per heavy atom. The zero-order valence-corrected chi connectivity index (χ0v) is 13.5. The highest BCUT2D eigenvalue weighted by atomic mass is 16.5. The van der Waals surface area contributed by atoms with Gasteiger partial charge in [-0.15, -0.1) is 0 Å². The minimum Gasteiger partial charge on any atom is -0.491 e. The molecule has 114 valence electrons. The minimum atomic E-state index is 0.126. The standard InChI is InChI=1S/C17H29NO2/c1-6-14(2)19-10-11-20-16-9-7-8-15(12-16)13-18-17(3,4)5/h7-9,12,14,18H,6,10-11,13H2,1-5H3. The Morgan fingerprint density at radius 2 is 1.95 bits per heavy atom. The molecule has 1 unspecified atom stereocenters. The quantitative estimate of drug-likeness (QED) is 0.735. The summed E-state index contributed by atoms with van der Waals surface area (Å²) in [6.07, 6.45) is 1.34. The third kappa shape index (κ3) is 7.51. The van der Waals surface area contributed by atoms with Crippen molar-refractivity contribution in [3.8, 4) is 5.75 Å². The zero-order valence-electron chi connectivity index (χ0n) is 13.5. The van der Waals surface area contributed by atoms with E-state index in [1.54, 1.807) is 0 Å². The second kappa shape index (κ2) is 8.28. The first-order chi connectivity index (χ1) is 9.40. The summed E-state index contributed by atoms with van der Waals surface area (Å²) in [4.78, 5) is 0. The van der Waals surface area contributed by atoms with Crippen molar-refractivity contribution in [2.45, 2.75) is 59.2 Å². The van der Waals surface area contributed by atoms with Crippen LogP contribution in [0.25, 0.3) is 0 Å². The molecule has 0 bridgehead atoms. The molecule has 0 aromatic heterocycles. The highest BCUT2D eigenvalue weighted by Crippen LogP contribution is 2.14. The lowest BCUT2D eigenvalue weighted by Gasteiger charge is -2.20. The van der Waals surface area contributed by atoms with Crippen molar-refractivity contribution in [1.29, 1.82) is 0 Å². The Balaban J connectivity index is 2.36. The molecule has 1 rings (SSSR count). The maximum Gasteiger partial charge on any atom is 0.119 e. The van der Waals surface area contributed by atoms with E-state index in [1.807, 2.05) is 12.1 Å². The molecular formula is C17H29NO2. The number of hydrogen-bond donors (Lipinski definition) is 1. The first kappa shape index (κ1) is 17.0. The van der Waals surface area contributed by atoms with Crippen molar-refractivity contribution < 1.29 is 9.47 Å². The molecular weight excluding hydrogens is 250 g/mol. The monoisotopic (exact) mass is 279 g/mol. The molecule has 0 amide bonds. The lowest BCUT2D eigenvalue weighted by atomic mass is 10.1. The van der Waals surface area contributed by atoms with Gasteiger partial charge in [0.25, 0.3) is 0 Å². The summed E-state index contributed by atoms with van der Waals surface area (Å²) >= 11 is 0. The Labute approximate surface area is 123 Å². The van der Waals surface area contributed by atoms with E-state index in [9.17, 15) is 0 Å². The van der Waals surface area contributed by atoms with E-state index in [0.717, 1.165) is 18.7 Å². The molecule has 0 spiro atoms. The molecule has 0 saturated heterocycles. The Morgan fingerprint density at radius 3 is 2.60 bits per heavy atom. The van der Waals surface area contributed by atoms with E-state index in [1.165, 1.54) is 5.56 Å². The molecule has 0 aliphatic heterocycles. The van der Waals surface area contributed by atoms with Crippen molar-refractivity contribution in [1.82, 2.24) is 5.32 Å². The minimum absolute atomic E-state index is 0.126. The fraction of sp³-hybridized carbons (Fsp3) is 0.647. The summed E-state index contributed by atoms with van der Waals surface area (Å²) in [6, 6.07) is 8.22. The maximum atomic E-state index is 5.72. The van der Waals surface area contributed by atoms with Gasteiger partial charge in [0, 0.05) is 12.1 Å². The smallest absolute Gasteiger partial charge is 0.119 e. The van der Waals surface area contributed by atoms with Crippen LogP contribution in [0.1, 0.15) is 46.6 Å². The maximum absolute atomic E-state index is 5.72. The molecule has 0 fully saturated rings. The van der Waals surface area contributed by atoms with Gasteiger partial charge in [-0.2, -0.15) is 0 Å². The molecule has 0 saturated carbocycles. The summed E-state index contributed by atoms with van der Waals surface area (Å²) in [7, 11) is 0. The SMILES string of the molecule is CCC(C)OCCOc1cccc(CNC(C)(C)C)c1. The normalized spacial score (nSPS) is 13.2. The predicted molar refractivity (Wildman–Crippen MR) is 84.2 cm³/mol. The second-order valence-corrected chi connectivity index (χ2v) is 6.19. The number of nitrogens with one attached hydrogen (secondary N) is 1. The van der Waals surface area contributed by atoms with Gasteiger partial charge < -0.3 is 14.8 Å². The Hall–Kier alpha value is -1.06.